The van der Waals surface area contributed by atoms with Crippen molar-refractivity contribution in [2.45, 2.75) is 64.2 Å². The van der Waals surface area contributed by atoms with Crippen molar-refractivity contribution in [3.8, 4) is 0 Å². The minimum Gasteiger partial charge on any atom is -0.382 e. The molecule has 3 heteroatoms. The Morgan fingerprint density at radius 3 is 2.50 bits per heavy atom. The van der Waals surface area contributed by atoms with Gasteiger partial charge in [-0.25, -0.2) is 0 Å². The summed E-state index contributed by atoms with van der Waals surface area (Å²) in [6.07, 6.45) is 8.08. The number of aryl methyl sites for hydroxylation is 1. The lowest BCUT2D eigenvalue weighted by Gasteiger charge is -2.61. The molecule has 26 heavy (non-hydrogen) atoms. The normalized spacial score (nSPS) is 34.8. The largest absolute Gasteiger partial charge is 0.382 e. The number of carbonyl (C=O) groups is 1. The van der Waals surface area contributed by atoms with Crippen LogP contribution in [0.1, 0.15) is 63.0 Å². The number of rotatable bonds is 7. The average Bonchev–Trinajstić information content (AvgIpc) is 2.60. The van der Waals surface area contributed by atoms with Crippen LogP contribution >= 0.6 is 0 Å². The van der Waals surface area contributed by atoms with Crippen LogP contribution in [0.15, 0.2) is 24.3 Å². The van der Waals surface area contributed by atoms with Crippen LogP contribution in [-0.4, -0.2) is 25.7 Å². The van der Waals surface area contributed by atoms with Crippen molar-refractivity contribution in [2.75, 3.05) is 19.8 Å². The molecule has 1 aromatic rings. The number of hydrogen-bond donors (Lipinski definition) is 1. The van der Waals surface area contributed by atoms with E-state index in [1.54, 1.807) is 0 Å². The van der Waals surface area contributed by atoms with Gasteiger partial charge in [0.2, 0.25) is 5.91 Å². The zero-order valence-corrected chi connectivity index (χ0v) is 16.4. The van der Waals surface area contributed by atoms with Crippen molar-refractivity contribution >= 4 is 5.91 Å². The first-order valence-electron chi connectivity index (χ1n) is 10.5. The Bertz CT molecular complexity index is 637. The van der Waals surface area contributed by atoms with E-state index in [4.69, 9.17) is 4.74 Å². The van der Waals surface area contributed by atoms with Gasteiger partial charge in [-0.3, -0.25) is 4.79 Å². The average molecular weight is 356 g/mol. The maximum atomic E-state index is 13.2. The Kier molecular flexibility index (Phi) is 4.85. The van der Waals surface area contributed by atoms with Crippen LogP contribution in [0.25, 0.3) is 0 Å². The van der Waals surface area contributed by atoms with E-state index in [2.05, 4.69) is 36.5 Å². The molecule has 4 saturated carbocycles. The molecule has 0 aliphatic heterocycles. The van der Waals surface area contributed by atoms with Crippen LogP contribution in [0.2, 0.25) is 0 Å². The lowest BCUT2D eigenvalue weighted by molar-refractivity contribution is -0.149. The second-order valence-corrected chi connectivity index (χ2v) is 9.19. The molecule has 0 saturated heterocycles. The first-order chi connectivity index (χ1) is 12.6. The molecule has 0 spiro atoms. The SMILES string of the molecule is CCOCCCNC(=O)C12CC3CC(C1)CC(c1ccc(C)cc1)(C3)C2. The van der Waals surface area contributed by atoms with Gasteiger partial charge in [-0.2, -0.15) is 0 Å². The maximum absolute atomic E-state index is 13.2. The van der Waals surface area contributed by atoms with Gasteiger partial charge in [-0.05, 0) is 81.6 Å². The van der Waals surface area contributed by atoms with E-state index in [1.807, 2.05) is 6.92 Å². The molecule has 4 aliphatic rings. The highest BCUT2D eigenvalue weighted by molar-refractivity contribution is 5.83. The van der Waals surface area contributed by atoms with Gasteiger partial charge in [-0.15, -0.1) is 0 Å². The third-order valence-electron chi connectivity index (χ3n) is 7.16. The van der Waals surface area contributed by atoms with E-state index in [9.17, 15) is 4.79 Å². The fourth-order valence-corrected chi connectivity index (χ4v) is 6.48. The first-order valence-corrected chi connectivity index (χ1v) is 10.5. The Hall–Kier alpha value is -1.35. The van der Waals surface area contributed by atoms with Gasteiger partial charge in [0.15, 0.2) is 0 Å². The predicted octanol–water partition coefficient (Wildman–Crippen LogP) is 4.38. The number of carbonyl (C=O) groups excluding carboxylic acids is 1. The molecule has 3 nitrogen and oxygen atoms in total. The van der Waals surface area contributed by atoms with Crippen molar-refractivity contribution < 1.29 is 9.53 Å². The lowest BCUT2D eigenvalue weighted by atomic mass is 9.42. The number of benzene rings is 1. The molecule has 2 atom stereocenters. The highest BCUT2D eigenvalue weighted by atomic mass is 16.5. The van der Waals surface area contributed by atoms with E-state index >= 15 is 0 Å². The predicted molar refractivity (Wildman–Crippen MR) is 104 cm³/mol. The molecule has 1 N–H and O–H groups in total. The fraction of sp³-hybridized carbons (Fsp3) is 0.696. The zero-order chi connectivity index (χ0) is 18.2. The Morgan fingerprint density at radius 1 is 1.15 bits per heavy atom. The van der Waals surface area contributed by atoms with E-state index in [-0.39, 0.29) is 10.8 Å². The van der Waals surface area contributed by atoms with Crippen LogP contribution < -0.4 is 5.32 Å². The highest BCUT2D eigenvalue weighted by Gasteiger charge is 2.60. The molecule has 5 rings (SSSR count). The molecule has 0 aromatic heterocycles. The van der Waals surface area contributed by atoms with Crippen molar-refractivity contribution in [3.05, 3.63) is 35.4 Å². The molecule has 4 fully saturated rings. The fourth-order valence-electron chi connectivity index (χ4n) is 6.48. The van der Waals surface area contributed by atoms with E-state index in [1.165, 1.54) is 30.4 Å². The summed E-state index contributed by atoms with van der Waals surface area (Å²) in [4.78, 5) is 13.2. The summed E-state index contributed by atoms with van der Waals surface area (Å²) in [7, 11) is 0. The molecular weight excluding hydrogens is 322 g/mol. The number of amides is 1. The van der Waals surface area contributed by atoms with Gasteiger partial charge < -0.3 is 10.1 Å². The van der Waals surface area contributed by atoms with Crippen LogP contribution in [0.4, 0.5) is 0 Å². The van der Waals surface area contributed by atoms with Crippen molar-refractivity contribution in [2.24, 2.45) is 17.3 Å². The molecule has 4 aliphatic carbocycles. The second kappa shape index (κ2) is 6.99. The third kappa shape index (κ3) is 3.19. The minimum absolute atomic E-state index is 0.124. The summed E-state index contributed by atoms with van der Waals surface area (Å²) in [6, 6.07) is 9.15. The summed E-state index contributed by atoms with van der Waals surface area (Å²) in [5.74, 6) is 1.78. The van der Waals surface area contributed by atoms with Gasteiger partial charge in [0.1, 0.15) is 0 Å². The smallest absolute Gasteiger partial charge is 0.226 e. The molecule has 4 bridgehead atoms. The van der Waals surface area contributed by atoms with Crippen molar-refractivity contribution in [1.82, 2.24) is 5.32 Å². The van der Waals surface area contributed by atoms with Gasteiger partial charge in [0.05, 0.1) is 5.41 Å². The number of hydrogen-bond acceptors (Lipinski definition) is 2. The summed E-state index contributed by atoms with van der Waals surface area (Å²) in [5, 5.41) is 3.26. The van der Waals surface area contributed by atoms with Gasteiger partial charge in [0.25, 0.3) is 0 Å². The molecule has 0 radical (unpaired) electrons. The van der Waals surface area contributed by atoms with Gasteiger partial charge in [-0.1, -0.05) is 29.8 Å². The van der Waals surface area contributed by atoms with Crippen molar-refractivity contribution in [3.63, 3.8) is 0 Å². The quantitative estimate of drug-likeness (QED) is 0.737. The Labute approximate surface area is 157 Å². The Morgan fingerprint density at radius 2 is 1.85 bits per heavy atom. The summed E-state index contributed by atoms with van der Waals surface area (Å²) >= 11 is 0. The minimum atomic E-state index is -0.124. The molecular formula is C23H33NO2. The number of ether oxygens (including phenoxy) is 1. The topological polar surface area (TPSA) is 38.3 Å². The van der Waals surface area contributed by atoms with Crippen LogP contribution in [0.3, 0.4) is 0 Å². The second-order valence-electron chi connectivity index (χ2n) is 9.19. The number of nitrogens with one attached hydrogen (secondary N) is 1. The molecule has 0 heterocycles. The van der Waals surface area contributed by atoms with Crippen LogP contribution in [0, 0.1) is 24.2 Å². The maximum Gasteiger partial charge on any atom is 0.226 e. The van der Waals surface area contributed by atoms with E-state index in [0.29, 0.717) is 5.91 Å². The standard InChI is InChI=1S/C23H33NO2/c1-3-26-10-4-9-24-21(25)23-14-18-11-19(15-23)13-22(12-18,16-23)20-7-5-17(2)6-8-20/h5-8,18-19H,3-4,9-16H2,1-2H3,(H,24,25). The Balaban J connectivity index is 1.51. The lowest BCUT2D eigenvalue weighted by Crippen LogP contribution is -2.59. The highest BCUT2D eigenvalue weighted by Crippen LogP contribution is 2.65. The van der Waals surface area contributed by atoms with Gasteiger partial charge >= 0.3 is 0 Å². The summed E-state index contributed by atoms with van der Waals surface area (Å²) in [5.41, 5.74) is 2.91. The van der Waals surface area contributed by atoms with Crippen molar-refractivity contribution in [1.29, 1.82) is 0 Å². The van der Waals surface area contributed by atoms with Crippen LogP contribution in [0.5, 0.6) is 0 Å². The first kappa shape index (κ1) is 18.0. The monoisotopic (exact) mass is 355 g/mol. The molecule has 1 amide bonds. The zero-order valence-electron chi connectivity index (χ0n) is 16.4. The van der Waals surface area contributed by atoms with Gasteiger partial charge in [0, 0.05) is 19.8 Å². The molecule has 2 unspecified atom stereocenters. The summed E-state index contributed by atoms with van der Waals surface area (Å²) in [6.45, 7) is 6.40. The summed E-state index contributed by atoms with van der Waals surface area (Å²) < 4.78 is 5.40. The third-order valence-corrected chi connectivity index (χ3v) is 7.16. The molecule has 1 aromatic carbocycles. The van der Waals surface area contributed by atoms with E-state index < -0.39 is 0 Å². The van der Waals surface area contributed by atoms with Crippen LogP contribution in [-0.2, 0) is 14.9 Å². The molecule has 142 valence electrons. The van der Waals surface area contributed by atoms with E-state index in [0.717, 1.165) is 57.3 Å².